The van der Waals surface area contributed by atoms with E-state index in [0.717, 1.165) is 0 Å². The van der Waals surface area contributed by atoms with Gasteiger partial charge in [-0.2, -0.15) is 5.10 Å². The average Bonchev–Trinajstić information content (AvgIpc) is 2.85. The number of aromatic nitrogens is 3. The highest BCUT2D eigenvalue weighted by Gasteiger charge is 2.20. The van der Waals surface area contributed by atoms with Crippen molar-refractivity contribution >= 4 is 34.2 Å². The van der Waals surface area contributed by atoms with E-state index in [4.69, 9.17) is 23.2 Å². The fraction of sp³-hybridized carbons (Fsp3) is 0.250. The lowest BCUT2D eigenvalue weighted by Crippen LogP contribution is -1.99. The SMILES string of the molecule is CCn1nc(C)c2c(C(F)F)cc(-c3ccc(Cl)c(Cl)c3)nc21. The second-order valence-corrected chi connectivity index (χ2v) is 5.94. The number of nitrogens with zero attached hydrogens (tertiary/aromatic N) is 3. The fourth-order valence-electron chi connectivity index (χ4n) is 2.58. The lowest BCUT2D eigenvalue weighted by molar-refractivity contribution is 0.153. The largest absolute Gasteiger partial charge is 0.264 e. The molecular weight excluding hydrogens is 343 g/mol. The van der Waals surface area contributed by atoms with E-state index in [9.17, 15) is 8.78 Å². The van der Waals surface area contributed by atoms with Gasteiger partial charge in [-0.15, -0.1) is 0 Å². The zero-order chi connectivity index (χ0) is 16.7. The molecule has 0 aliphatic heterocycles. The summed E-state index contributed by atoms with van der Waals surface area (Å²) in [6.07, 6.45) is -2.62. The van der Waals surface area contributed by atoms with E-state index >= 15 is 0 Å². The molecule has 0 bridgehead atoms. The first kappa shape index (κ1) is 16.1. The molecule has 3 nitrogen and oxygen atoms in total. The van der Waals surface area contributed by atoms with E-state index in [0.29, 0.717) is 44.6 Å². The van der Waals surface area contributed by atoms with E-state index in [1.807, 2.05) is 6.92 Å². The number of benzene rings is 1. The van der Waals surface area contributed by atoms with Crippen molar-refractivity contribution in [3.8, 4) is 11.3 Å². The highest BCUT2D eigenvalue weighted by atomic mass is 35.5. The quantitative estimate of drug-likeness (QED) is 0.605. The maximum Gasteiger partial charge on any atom is 0.264 e. The Morgan fingerprint density at radius 1 is 1.17 bits per heavy atom. The van der Waals surface area contributed by atoms with E-state index < -0.39 is 6.43 Å². The molecule has 23 heavy (non-hydrogen) atoms. The molecule has 0 spiro atoms. The second-order valence-electron chi connectivity index (χ2n) is 5.13. The van der Waals surface area contributed by atoms with Crippen LogP contribution in [0.4, 0.5) is 8.78 Å². The van der Waals surface area contributed by atoms with Crippen LogP contribution in [0.3, 0.4) is 0 Å². The first-order valence-electron chi connectivity index (χ1n) is 7.04. The Bertz CT molecular complexity index is 891. The molecule has 1 aromatic carbocycles. The monoisotopic (exact) mass is 355 g/mol. The summed E-state index contributed by atoms with van der Waals surface area (Å²) >= 11 is 11.9. The van der Waals surface area contributed by atoms with Gasteiger partial charge in [0, 0.05) is 17.7 Å². The van der Waals surface area contributed by atoms with Crippen molar-refractivity contribution in [3.05, 3.63) is 45.6 Å². The second kappa shape index (κ2) is 6.06. The van der Waals surface area contributed by atoms with Crippen LogP contribution in [-0.2, 0) is 6.54 Å². The number of pyridine rings is 1. The zero-order valence-electron chi connectivity index (χ0n) is 12.4. The Morgan fingerprint density at radius 3 is 2.52 bits per heavy atom. The van der Waals surface area contributed by atoms with Crippen LogP contribution in [0.15, 0.2) is 24.3 Å². The molecule has 2 aromatic heterocycles. The van der Waals surface area contributed by atoms with Crippen LogP contribution in [-0.4, -0.2) is 14.8 Å². The summed E-state index contributed by atoms with van der Waals surface area (Å²) < 4.78 is 28.7. The summed E-state index contributed by atoms with van der Waals surface area (Å²) in [6.45, 7) is 4.15. The summed E-state index contributed by atoms with van der Waals surface area (Å²) in [6, 6.07) is 6.33. The third-order valence-corrected chi connectivity index (χ3v) is 4.40. The van der Waals surface area contributed by atoms with E-state index in [2.05, 4.69) is 10.1 Å². The molecule has 0 unspecified atom stereocenters. The Hall–Kier alpha value is -1.72. The van der Waals surface area contributed by atoms with Gasteiger partial charge in [0.15, 0.2) is 5.65 Å². The Balaban J connectivity index is 2.31. The van der Waals surface area contributed by atoms with Gasteiger partial charge in [0.2, 0.25) is 0 Å². The zero-order valence-corrected chi connectivity index (χ0v) is 14.0. The predicted molar refractivity (Wildman–Crippen MR) is 88.4 cm³/mol. The van der Waals surface area contributed by atoms with Crippen molar-refractivity contribution in [2.75, 3.05) is 0 Å². The average molecular weight is 356 g/mol. The minimum Gasteiger partial charge on any atom is -0.247 e. The van der Waals surface area contributed by atoms with Gasteiger partial charge in [0.05, 0.1) is 26.8 Å². The molecule has 7 heteroatoms. The third kappa shape index (κ3) is 2.79. The Kier molecular flexibility index (Phi) is 4.25. The highest BCUT2D eigenvalue weighted by molar-refractivity contribution is 6.42. The van der Waals surface area contributed by atoms with Gasteiger partial charge < -0.3 is 0 Å². The number of hydrogen-bond donors (Lipinski definition) is 0. The lowest BCUT2D eigenvalue weighted by atomic mass is 10.1. The van der Waals surface area contributed by atoms with E-state index in [-0.39, 0.29) is 5.56 Å². The topological polar surface area (TPSA) is 30.7 Å². The molecule has 0 amide bonds. The van der Waals surface area contributed by atoms with Crippen LogP contribution in [0.1, 0.15) is 24.6 Å². The first-order chi connectivity index (χ1) is 10.9. The minimum absolute atomic E-state index is 0.0757. The molecule has 120 valence electrons. The number of aryl methyl sites for hydroxylation is 2. The number of fused-ring (bicyclic) bond motifs is 1. The van der Waals surface area contributed by atoms with Crippen LogP contribution in [0, 0.1) is 6.92 Å². The summed E-state index contributed by atoms with van der Waals surface area (Å²) in [5.41, 5.74) is 1.97. The minimum atomic E-state index is -2.62. The predicted octanol–water partition coefficient (Wildman–Crippen LogP) is 5.67. The fourth-order valence-corrected chi connectivity index (χ4v) is 2.88. The molecule has 3 aromatic rings. The molecule has 0 atom stereocenters. The van der Waals surface area contributed by atoms with Gasteiger partial charge in [0.1, 0.15) is 0 Å². The van der Waals surface area contributed by atoms with Gasteiger partial charge in [-0.25, -0.2) is 18.4 Å². The highest BCUT2D eigenvalue weighted by Crippen LogP contribution is 2.34. The Labute approximate surface area is 141 Å². The summed E-state index contributed by atoms with van der Waals surface area (Å²) in [5.74, 6) is 0. The number of halogens is 4. The van der Waals surface area contributed by atoms with Gasteiger partial charge in [0.25, 0.3) is 6.43 Å². The molecular formula is C16H13Cl2F2N3. The molecule has 2 heterocycles. The number of alkyl halides is 2. The molecule has 0 aliphatic rings. The summed E-state index contributed by atoms with van der Waals surface area (Å²) in [4.78, 5) is 4.52. The van der Waals surface area contributed by atoms with Crippen LogP contribution in [0.2, 0.25) is 10.0 Å². The van der Waals surface area contributed by atoms with Crippen LogP contribution >= 0.6 is 23.2 Å². The van der Waals surface area contributed by atoms with Crippen LogP contribution in [0.5, 0.6) is 0 Å². The van der Waals surface area contributed by atoms with Crippen molar-refractivity contribution < 1.29 is 8.78 Å². The Morgan fingerprint density at radius 2 is 1.91 bits per heavy atom. The van der Waals surface area contributed by atoms with Crippen molar-refractivity contribution in [2.45, 2.75) is 26.8 Å². The molecule has 3 rings (SSSR count). The van der Waals surface area contributed by atoms with Crippen molar-refractivity contribution in [3.63, 3.8) is 0 Å². The van der Waals surface area contributed by atoms with Crippen molar-refractivity contribution in [1.29, 1.82) is 0 Å². The van der Waals surface area contributed by atoms with Gasteiger partial charge >= 0.3 is 0 Å². The third-order valence-electron chi connectivity index (χ3n) is 3.66. The number of hydrogen-bond acceptors (Lipinski definition) is 2. The van der Waals surface area contributed by atoms with E-state index in [1.54, 1.807) is 29.8 Å². The van der Waals surface area contributed by atoms with Crippen LogP contribution in [0.25, 0.3) is 22.3 Å². The molecule has 0 aliphatic carbocycles. The molecule has 0 N–H and O–H groups in total. The molecule has 0 saturated carbocycles. The summed E-state index contributed by atoms with van der Waals surface area (Å²) in [5, 5.41) is 5.45. The molecule has 0 saturated heterocycles. The van der Waals surface area contributed by atoms with Crippen molar-refractivity contribution in [1.82, 2.24) is 14.8 Å². The standard InChI is InChI=1S/C16H13Cl2F2N3/c1-3-23-16-14(8(2)22-23)10(15(19)20)7-13(21-16)9-4-5-11(17)12(18)6-9/h4-7,15H,3H2,1-2H3. The number of rotatable bonds is 3. The van der Waals surface area contributed by atoms with Gasteiger partial charge in [-0.3, -0.25) is 0 Å². The van der Waals surface area contributed by atoms with Crippen LogP contribution < -0.4 is 0 Å². The lowest BCUT2D eigenvalue weighted by Gasteiger charge is -2.09. The normalized spacial score (nSPS) is 11.6. The van der Waals surface area contributed by atoms with Gasteiger partial charge in [-0.05, 0) is 32.0 Å². The van der Waals surface area contributed by atoms with Crippen molar-refractivity contribution in [2.24, 2.45) is 0 Å². The smallest absolute Gasteiger partial charge is 0.247 e. The maximum absolute atomic E-state index is 13.5. The molecule has 0 radical (unpaired) electrons. The van der Waals surface area contributed by atoms with E-state index in [1.165, 1.54) is 6.07 Å². The summed E-state index contributed by atoms with van der Waals surface area (Å²) in [7, 11) is 0. The first-order valence-corrected chi connectivity index (χ1v) is 7.79. The molecule has 0 fully saturated rings. The maximum atomic E-state index is 13.5. The van der Waals surface area contributed by atoms with Gasteiger partial charge in [-0.1, -0.05) is 29.3 Å².